The van der Waals surface area contributed by atoms with E-state index in [0.29, 0.717) is 5.75 Å². The molecule has 0 amide bonds. The molecular formula is C23H23NO2. The third kappa shape index (κ3) is 3.50. The first kappa shape index (κ1) is 16.8. The number of phenolic OH excluding ortho intramolecular Hbond substituents is 1. The molecule has 0 bridgehead atoms. The van der Waals surface area contributed by atoms with E-state index in [0.717, 1.165) is 43.0 Å². The Labute approximate surface area is 154 Å². The van der Waals surface area contributed by atoms with Gasteiger partial charge in [0.15, 0.2) is 0 Å². The van der Waals surface area contributed by atoms with Crippen molar-refractivity contribution in [2.75, 3.05) is 26.3 Å². The monoisotopic (exact) mass is 345 g/mol. The minimum atomic E-state index is 0.0174. The van der Waals surface area contributed by atoms with Crippen molar-refractivity contribution in [1.29, 1.82) is 0 Å². The summed E-state index contributed by atoms with van der Waals surface area (Å²) in [5, 5.41) is 10.7. The molecular weight excluding hydrogens is 322 g/mol. The largest absolute Gasteiger partial charge is 0.508 e. The SMILES string of the molecule is Oc1ccc(-c2ccccc2)cc1C(c1ccccc1)N1CCOCC1. The lowest BCUT2D eigenvalue weighted by Crippen LogP contribution is -2.39. The first-order valence-electron chi connectivity index (χ1n) is 9.08. The van der Waals surface area contributed by atoms with Crippen LogP contribution in [0.1, 0.15) is 17.2 Å². The minimum Gasteiger partial charge on any atom is -0.508 e. The summed E-state index contributed by atoms with van der Waals surface area (Å²) in [4.78, 5) is 2.39. The number of nitrogens with zero attached hydrogens (tertiary/aromatic N) is 1. The zero-order chi connectivity index (χ0) is 17.8. The molecule has 26 heavy (non-hydrogen) atoms. The Morgan fingerprint density at radius 2 is 1.42 bits per heavy atom. The highest BCUT2D eigenvalue weighted by molar-refractivity contribution is 5.66. The van der Waals surface area contributed by atoms with Crippen molar-refractivity contribution in [3.63, 3.8) is 0 Å². The molecule has 1 saturated heterocycles. The molecule has 0 aromatic heterocycles. The summed E-state index contributed by atoms with van der Waals surface area (Å²) < 4.78 is 5.54. The highest BCUT2D eigenvalue weighted by Crippen LogP contribution is 2.37. The molecule has 0 saturated carbocycles. The molecule has 3 aromatic carbocycles. The van der Waals surface area contributed by atoms with Crippen molar-refractivity contribution < 1.29 is 9.84 Å². The second kappa shape index (κ2) is 7.73. The highest BCUT2D eigenvalue weighted by Gasteiger charge is 2.26. The summed E-state index contributed by atoms with van der Waals surface area (Å²) in [6, 6.07) is 26.6. The van der Waals surface area contributed by atoms with Crippen LogP contribution in [0.15, 0.2) is 78.9 Å². The predicted octanol–water partition coefficient (Wildman–Crippen LogP) is 4.48. The van der Waals surface area contributed by atoms with Crippen molar-refractivity contribution >= 4 is 0 Å². The maximum absolute atomic E-state index is 10.7. The van der Waals surface area contributed by atoms with Crippen LogP contribution in [0.2, 0.25) is 0 Å². The van der Waals surface area contributed by atoms with Gasteiger partial charge in [-0.25, -0.2) is 0 Å². The molecule has 3 aromatic rings. The van der Waals surface area contributed by atoms with Crippen LogP contribution in [-0.4, -0.2) is 36.3 Å². The molecule has 1 N–H and O–H groups in total. The van der Waals surface area contributed by atoms with E-state index in [1.807, 2.05) is 36.4 Å². The lowest BCUT2D eigenvalue weighted by atomic mass is 9.93. The lowest BCUT2D eigenvalue weighted by Gasteiger charge is -2.35. The zero-order valence-electron chi connectivity index (χ0n) is 14.7. The average Bonchev–Trinajstić information content (AvgIpc) is 2.72. The number of hydrogen-bond acceptors (Lipinski definition) is 3. The first-order valence-corrected chi connectivity index (χ1v) is 9.08. The topological polar surface area (TPSA) is 32.7 Å². The Kier molecular flexibility index (Phi) is 5.00. The predicted molar refractivity (Wildman–Crippen MR) is 104 cm³/mol. The molecule has 0 radical (unpaired) electrons. The van der Waals surface area contributed by atoms with Gasteiger partial charge in [-0.05, 0) is 28.8 Å². The Balaban J connectivity index is 1.80. The second-order valence-corrected chi connectivity index (χ2v) is 6.60. The average molecular weight is 345 g/mol. The molecule has 1 atom stereocenters. The molecule has 3 heteroatoms. The fourth-order valence-electron chi connectivity index (χ4n) is 3.64. The third-order valence-corrected chi connectivity index (χ3v) is 4.96. The van der Waals surface area contributed by atoms with Crippen LogP contribution < -0.4 is 0 Å². The van der Waals surface area contributed by atoms with Crippen LogP contribution >= 0.6 is 0 Å². The van der Waals surface area contributed by atoms with Crippen LogP contribution in [-0.2, 0) is 4.74 Å². The summed E-state index contributed by atoms with van der Waals surface area (Å²) >= 11 is 0. The molecule has 1 aliphatic heterocycles. The number of morpholine rings is 1. The molecule has 1 heterocycles. The van der Waals surface area contributed by atoms with Gasteiger partial charge in [0.2, 0.25) is 0 Å². The van der Waals surface area contributed by atoms with Crippen molar-refractivity contribution in [1.82, 2.24) is 4.90 Å². The van der Waals surface area contributed by atoms with E-state index in [1.54, 1.807) is 0 Å². The molecule has 132 valence electrons. The van der Waals surface area contributed by atoms with Gasteiger partial charge in [0.25, 0.3) is 0 Å². The van der Waals surface area contributed by atoms with E-state index in [2.05, 4.69) is 47.4 Å². The number of rotatable bonds is 4. The number of phenols is 1. The van der Waals surface area contributed by atoms with Gasteiger partial charge in [0.05, 0.1) is 19.3 Å². The van der Waals surface area contributed by atoms with Crippen LogP contribution in [0.4, 0.5) is 0 Å². The number of ether oxygens (including phenoxy) is 1. The summed E-state index contributed by atoms with van der Waals surface area (Å²) in [7, 11) is 0. The third-order valence-electron chi connectivity index (χ3n) is 4.96. The van der Waals surface area contributed by atoms with E-state index >= 15 is 0 Å². The standard InChI is InChI=1S/C23H23NO2/c25-22-12-11-20(18-7-3-1-4-8-18)17-21(22)23(19-9-5-2-6-10-19)24-13-15-26-16-14-24/h1-12,17,23,25H,13-16H2. The van der Waals surface area contributed by atoms with Crippen molar-refractivity contribution in [3.8, 4) is 16.9 Å². The molecule has 1 aliphatic rings. The first-order chi connectivity index (χ1) is 12.8. The Bertz CT molecular complexity index is 843. The highest BCUT2D eigenvalue weighted by atomic mass is 16.5. The van der Waals surface area contributed by atoms with Gasteiger partial charge >= 0.3 is 0 Å². The smallest absolute Gasteiger partial charge is 0.120 e. The van der Waals surface area contributed by atoms with Crippen molar-refractivity contribution in [2.24, 2.45) is 0 Å². The maximum atomic E-state index is 10.7. The molecule has 1 fully saturated rings. The Morgan fingerprint density at radius 3 is 2.12 bits per heavy atom. The van der Waals surface area contributed by atoms with Crippen LogP contribution in [0.5, 0.6) is 5.75 Å². The van der Waals surface area contributed by atoms with Crippen LogP contribution in [0.25, 0.3) is 11.1 Å². The quantitative estimate of drug-likeness (QED) is 0.757. The van der Waals surface area contributed by atoms with Crippen LogP contribution in [0, 0.1) is 0 Å². The molecule has 0 spiro atoms. The number of aromatic hydroxyl groups is 1. The maximum Gasteiger partial charge on any atom is 0.120 e. The number of hydrogen-bond donors (Lipinski definition) is 1. The van der Waals surface area contributed by atoms with E-state index < -0.39 is 0 Å². The van der Waals surface area contributed by atoms with E-state index in [-0.39, 0.29) is 6.04 Å². The second-order valence-electron chi connectivity index (χ2n) is 6.60. The molecule has 0 aliphatic carbocycles. The summed E-state index contributed by atoms with van der Waals surface area (Å²) in [5.41, 5.74) is 4.41. The summed E-state index contributed by atoms with van der Waals surface area (Å²) in [6.45, 7) is 3.16. The zero-order valence-corrected chi connectivity index (χ0v) is 14.7. The van der Waals surface area contributed by atoms with Gasteiger partial charge in [0.1, 0.15) is 5.75 Å². The molecule has 3 nitrogen and oxygen atoms in total. The molecule has 1 unspecified atom stereocenters. The van der Waals surface area contributed by atoms with Crippen LogP contribution in [0.3, 0.4) is 0 Å². The summed E-state index contributed by atoms with van der Waals surface area (Å²) in [5.74, 6) is 0.338. The normalized spacial score (nSPS) is 16.3. The van der Waals surface area contributed by atoms with Gasteiger partial charge < -0.3 is 9.84 Å². The lowest BCUT2D eigenvalue weighted by molar-refractivity contribution is 0.0236. The van der Waals surface area contributed by atoms with E-state index in [4.69, 9.17) is 4.74 Å². The Morgan fingerprint density at radius 1 is 0.769 bits per heavy atom. The minimum absolute atomic E-state index is 0.0174. The van der Waals surface area contributed by atoms with Gasteiger partial charge in [0, 0.05) is 18.7 Å². The van der Waals surface area contributed by atoms with E-state index in [9.17, 15) is 5.11 Å². The van der Waals surface area contributed by atoms with E-state index in [1.165, 1.54) is 5.56 Å². The van der Waals surface area contributed by atoms with Gasteiger partial charge in [-0.1, -0.05) is 66.7 Å². The fraction of sp³-hybridized carbons (Fsp3) is 0.217. The van der Waals surface area contributed by atoms with Gasteiger partial charge in [-0.3, -0.25) is 4.90 Å². The van der Waals surface area contributed by atoms with Gasteiger partial charge in [-0.15, -0.1) is 0 Å². The fourth-order valence-corrected chi connectivity index (χ4v) is 3.64. The molecule has 4 rings (SSSR count). The number of benzene rings is 3. The van der Waals surface area contributed by atoms with Crippen molar-refractivity contribution in [2.45, 2.75) is 6.04 Å². The Hall–Kier alpha value is -2.62. The summed E-state index contributed by atoms with van der Waals surface area (Å²) in [6.07, 6.45) is 0. The van der Waals surface area contributed by atoms with Gasteiger partial charge in [-0.2, -0.15) is 0 Å². The van der Waals surface area contributed by atoms with Crippen molar-refractivity contribution in [3.05, 3.63) is 90.0 Å².